The van der Waals surface area contributed by atoms with Gasteiger partial charge in [-0.1, -0.05) is 54.6 Å². The Bertz CT molecular complexity index is 776. The molecular formula is C23H28N2O2. The Morgan fingerprint density at radius 3 is 2.26 bits per heavy atom. The predicted octanol–water partition coefficient (Wildman–Crippen LogP) is 4.26. The van der Waals surface area contributed by atoms with Crippen LogP contribution in [0.4, 0.5) is 4.79 Å². The molecule has 2 heterocycles. The molecule has 4 nitrogen and oxygen atoms in total. The molecule has 2 aliphatic rings. The number of ether oxygens (including phenoxy) is 1. The van der Waals surface area contributed by atoms with Crippen molar-refractivity contribution in [3.8, 4) is 11.1 Å². The van der Waals surface area contributed by atoms with Crippen molar-refractivity contribution in [1.82, 2.24) is 9.80 Å². The van der Waals surface area contributed by atoms with Gasteiger partial charge in [0.1, 0.15) is 0 Å². The van der Waals surface area contributed by atoms with Crippen molar-refractivity contribution in [3.63, 3.8) is 0 Å². The molecule has 27 heavy (non-hydrogen) atoms. The van der Waals surface area contributed by atoms with Gasteiger partial charge >= 0.3 is 6.09 Å². The lowest BCUT2D eigenvalue weighted by molar-refractivity contribution is 0.0800. The van der Waals surface area contributed by atoms with Gasteiger partial charge in [0.05, 0.1) is 6.10 Å². The van der Waals surface area contributed by atoms with Gasteiger partial charge in [-0.2, -0.15) is 0 Å². The Morgan fingerprint density at radius 2 is 1.59 bits per heavy atom. The standard InChI is InChI=1S/C23H28N2O2/c1-17(2)27-23(26)25-15-20-13-24(14-21(20)16-25)12-19-10-6-7-11-22(19)18-8-4-3-5-9-18/h3-11,17,20-21H,12-16H2,1-2H3. The molecule has 0 N–H and O–H groups in total. The first-order valence-electron chi connectivity index (χ1n) is 9.91. The number of likely N-dealkylation sites (tertiary alicyclic amines) is 2. The maximum Gasteiger partial charge on any atom is 0.410 e. The molecule has 0 aliphatic carbocycles. The lowest BCUT2D eigenvalue weighted by Crippen LogP contribution is -2.34. The highest BCUT2D eigenvalue weighted by molar-refractivity contribution is 5.68. The minimum absolute atomic E-state index is 0.0519. The van der Waals surface area contributed by atoms with Crippen LogP contribution in [-0.4, -0.2) is 48.2 Å². The fourth-order valence-electron chi connectivity index (χ4n) is 4.44. The summed E-state index contributed by atoms with van der Waals surface area (Å²) < 4.78 is 5.36. The molecule has 2 aromatic rings. The number of fused-ring (bicyclic) bond motifs is 1. The topological polar surface area (TPSA) is 32.8 Å². The molecule has 0 bridgehead atoms. The van der Waals surface area contributed by atoms with Crippen LogP contribution >= 0.6 is 0 Å². The second kappa shape index (κ2) is 7.73. The zero-order valence-electron chi connectivity index (χ0n) is 16.2. The highest BCUT2D eigenvalue weighted by Gasteiger charge is 2.42. The summed E-state index contributed by atoms with van der Waals surface area (Å²) in [6, 6.07) is 19.3. The molecule has 2 aromatic carbocycles. The number of carbonyl (C=O) groups is 1. The maximum absolute atomic E-state index is 12.2. The average molecular weight is 364 g/mol. The van der Waals surface area contributed by atoms with Gasteiger partial charge in [-0.25, -0.2) is 4.79 Å². The summed E-state index contributed by atoms with van der Waals surface area (Å²) in [7, 11) is 0. The SMILES string of the molecule is CC(C)OC(=O)N1CC2CN(Cc3ccccc3-c3ccccc3)CC2C1. The molecule has 2 unspecified atom stereocenters. The van der Waals surface area contributed by atoms with Gasteiger partial charge in [0.2, 0.25) is 0 Å². The molecule has 0 spiro atoms. The second-order valence-corrected chi connectivity index (χ2v) is 8.07. The molecule has 4 rings (SSSR count). The number of nitrogens with zero attached hydrogens (tertiary/aromatic N) is 2. The third kappa shape index (κ3) is 4.01. The van der Waals surface area contributed by atoms with E-state index in [1.54, 1.807) is 0 Å². The van der Waals surface area contributed by atoms with Crippen LogP contribution in [-0.2, 0) is 11.3 Å². The van der Waals surface area contributed by atoms with Crippen LogP contribution in [0.3, 0.4) is 0 Å². The number of benzene rings is 2. The van der Waals surface area contributed by atoms with Gasteiger partial charge in [0.15, 0.2) is 0 Å². The fraction of sp³-hybridized carbons (Fsp3) is 0.435. The van der Waals surface area contributed by atoms with E-state index < -0.39 is 0 Å². The van der Waals surface area contributed by atoms with E-state index in [9.17, 15) is 4.79 Å². The summed E-state index contributed by atoms with van der Waals surface area (Å²) in [6.45, 7) is 8.54. The van der Waals surface area contributed by atoms with Gasteiger partial charge in [-0.3, -0.25) is 4.90 Å². The van der Waals surface area contributed by atoms with Crippen LogP contribution in [0.15, 0.2) is 54.6 Å². The minimum atomic E-state index is -0.152. The lowest BCUT2D eigenvalue weighted by atomic mass is 9.99. The molecule has 0 radical (unpaired) electrons. The number of amides is 1. The minimum Gasteiger partial charge on any atom is -0.447 e. The number of hydrogen-bond acceptors (Lipinski definition) is 3. The Labute approximate surface area is 161 Å². The Hall–Kier alpha value is -2.33. The monoisotopic (exact) mass is 364 g/mol. The summed E-state index contributed by atoms with van der Waals surface area (Å²) in [4.78, 5) is 16.6. The third-order valence-electron chi connectivity index (χ3n) is 5.65. The van der Waals surface area contributed by atoms with Crippen LogP contribution in [0.25, 0.3) is 11.1 Å². The van der Waals surface area contributed by atoms with Gasteiger partial charge in [0, 0.05) is 32.7 Å². The third-order valence-corrected chi connectivity index (χ3v) is 5.65. The van der Waals surface area contributed by atoms with E-state index in [1.807, 2.05) is 18.7 Å². The highest BCUT2D eigenvalue weighted by atomic mass is 16.6. The largest absolute Gasteiger partial charge is 0.447 e. The molecule has 0 saturated carbocycles. The predicted molar refractivity (Wildman–Crippen MR) is 107 cm³/mol. The van der Waals surface area contributed by atoms with Crippen molar-refractivity contribution < 1.29 is 9.53 Å². The van der Waals surface area contributed by atoms with E-state index >= 15 is 0 Å². The van der Waals surface area contributed by atoms with Crippen molar-refractivity contribution in [2.24, 2.45) is 11.8 Å². The maximum atomic E-state index is 12.2. The molecule has 1 amide bonds. The van der Waals surface area contributed by atoms with Crippen molar-refractivity contribution in [2.75, 3.05) is 26.2 Å². The van der Waals surface area contributed by atoms with E-state index in [0.29, 0.717) is 11.8 Å². The summed E-state index contributed by atoms with van der Waals surface area (Å²) in [6.07, 6.45) is -0.204. The van der Waals surface area contributed by atoms with Crippen LogP contribution < -0.4 is 0 Å². The lowest BCUT2D eigenvalue weighted by Gasteiger charge is -2.23. The number of carbonyl (C=O) groups excluding carboxylic acids is 1. The smallest absolute Gasteiger partial charge is 0.410 e. The summed E-state index contributed by atoms with van der Waals surface area (Å²) in [5.74, 6) is 1.13. The van der Waals surface area contributed by atoms with Crippen LogP contribution in [0.5, 0.6) is 0 Å². The molecule has 2 aliphatic heterocycles. The van der Waals surface area contributed by atoms with E-state index in [4.69, 9.17) is 4.74 Å². The zero-order valence-corrected chi connectivity index (χ0v) is 16.2. The highest BCUT2D eigenvalue weighted by Crippen LogP contribution is 2.33. The van der Waals surface area contributed by atoms with Crippen molar-refractivity contribution >= 4 is 6.09 Å². The quantitative estimate of drug-likeness (QED) is 0.812. The van der Waals surface area contributed by atoms with E-state index in [2.05, 4.69) is 59.5 Å². The molecule has 2 saturated heterocycles. The van der Waals surface area contributed by atoms with Crippen LogP contribution in [0, 0.1) is 11.8 Å². The van der Waals surface area contributed by atoms with Crippen LogP contribution in [0.2, 0.25) is 0 Å². The van der Waals surface area contributed by atoms with Crippen molar-refractivity contribution in [3.05, 3.63) is 60.2 Å². The zero-order chi connectivity index (χ0) is 18.8. The first-order valence-corrected chi connectivity index (χ1v) is 9.91. The van der Waals surface area contributed by atoms with E-state index in [-0.39, 0.29) is 12.2 Å². The average Bonchev–Trinajstić information content (AvgIpc) is 3.21. The molecule has 0 aromatic heterocycles. The Kier molecular flexibility index (Phi) is 5.17. The molecule has 142 valence electrons. The van der Waals surface area contributed by atoms with Gasteiger partial charge in [0.25, 0.3) is 0 Å². The normalized spacial score (nSPS) is 22.3. The molecule has 4 heteroatoms. The molecular weight excluding hydrogens is 336 g/mol. The van der Waals surface area contributed by atoms with Gasteiger partial charge in [-0.15, -0.1) is 0 Å². The van der Waals surface area contributed by atoms with Gasteiger partial charge < -0.3 is 9.64 Å². The summed E-state index contributed by atoms with van der Waals surface area (Å²) in [5.41, 5.74) is 3.96. The van der Waals surface area contributed by atoms with Crippen LogP contribution in [0.1, 0.15) is 19.4 Å². The Balaban J connectivity index is 1.40. The summed E-state index contributed by atoms with van der Waals surface area (Å²) in [5, 5.41) is 0. The summed E-state index contributed by atoms with van der Waals surface area (Å²) >= 11 is 0. The number of hydrogen-bond donors (Lipinski definition) is 0. The van der Waals surface area contributed by atoms with E-state index in [0.717, 1.165) is 32.7 Å². The molecule has 2 fully saturated rings. The second-order valence-electron chi connectivity index (χ2n) is 8.07. The molecule has 2 atom stereocenters. The van der Waals surface area contributed by atoms with Crippen molar-refractivity contribution in [1.29, 1.82) is 0 Å². The van der Waals surface area contributed by atoms with Gasteiger partial charge in [-0.05, 0) is 42.4 Å². The first-order chi connectivity index (χ1) is 13.1. The Morgan fingerprint density at radius 1 is 0.963 bits per heavy atom. The van der Waals surface area contributed by atoms with Crippen molar-refractivity contribution in [2.45, 2.75) is 26.5 Å². The number of rotatable bonds is 4. The fourth-order valence-corrected chi connectivity index (χ4v) is 4.44. The van der Waals surface area contributed by atoms with E-state index in [1.165, 1.54) is 16.7 Å². The first kappa shape index (κ1) is 18.1.